The zero-order valence-corrected chi connectivity index (χ0v) is 15.9. The van der Waals surface area contributed by atoms with Gasteiger partial charge in [-0.15, -0.1) is 0 Å². The van der Waals surface area contributed by atoms with E-state index in [4.69, 9.17) is 0 Å². The van der Waals surface area contributed by atoms with Crippen LogP contribution in [0, 0.1) is 0 Å². The van der Waals surface area contributed by atoms with Gasteiger partial charge in [-0.1, -0.05) is 46.3 Å². The Morgan fingerprint density at radius 1 is 1.15 bits per heavy atom. The second kappa shape index (κ2) is 6.85. The highest BCUT2D eigenvalue weighted by atomic mass is 79.9. The van der Waals surface area contributed by atoms with Gasteiger partial charge in [0.25, 0.3) is 11.5 Å². The molecule has 0 aliphatic carbocycles. The highest BCUT2D eigenvalue weighted by Crippen LogP contribution is 2.28. The molecular formula is C20H15BrN4O2. The van der Waals surface area contributed by atoms with Crippen LogP contribution in [0.25, 0.3) is 22.0 Å². The minimum atomic E-state index is -0.482. The van der Waals surface area contributed by atoms with E-state index in [9.17, 15) is 9.59 Å². The number of aromatic amines is 1. The molecule has 4 aromatic rings. The first-order chi connectivity index (χ1) is 13.0. The van der Waals surface area contributed by atoms with Crippen molar-refractivity contribution < 1.29 is 4.79 Å². The topological polar surface area (TPSA) is 79.8 Å². The first-order valence-electron chi connectivity index (χ1n) is 8.24. The normalized spacial score (nSPS) is 10.9. The van der Waals surface area contributed by atoms with Crippen molar-refractivity contribution in [2.45, 2.75) is 0 Å². The maximum Gasteiger partial charge on any atom is 0.262 e. The third-order valence-corrected chi connectivity index (χ3v) is 4.85. The smallest absolute Gasteiger partial charge is 0.262 e. The van der Waals surface area contributed by atoms with Gasteiger partial charge in [0.1, 0.15) is 11.4 Å². The zero-order chi connectivity index (χ0) is 19.0. The van der Waals surface area contributed by atoms with E-state index in [0.717, 1.165) is 21.0 Å². The molecule has 0 atom stereocenters. The average molecular weight is 423 g/mol. The monoisotopic (exact) mass is 422 g/mol. The summed E-state index contributed by atoms with van der Waals surface area (Å²) in [6, 6.07) is 16.6. The number of fused-ring (bicyclic) bond motifs is 1. The van der Waals surface area contributed by atoms with Crippen molar-refractivity contribution >= 4 is 38.6 Å². The van der Waals surface area contributed by atoms with Gasteiger partial charge in [-0.2, -0.15) is 5.10 Å². The van der Waals surface area contributed by atoms with Crippen molar-refractivity contribution in [2.75, 3.05) is 5.32 Å². The molecule has 0 saturated heterocycles. The van der Waals surface area contributed by atoms with Crippen molar-refractivity contribution in [1.82, 2.24) is 14.8 Å². The Labute approximate surface area is 163 Å². The molecule has 2 N–H and O–H groups in total. The fourth-order valence-electron chi connectivity index (χ4n) is 2.92. The first-order valence-corrected chi connectivity index (χ1v) is 9.03. The van der Waals surface area contributed by atoms with Crippen LogP contribution < -0.4 is 10.9 Å². The van der Waals surface area contributed by atoms with Gasteiger partial charge in [-0.25, -0.2) is 0 Å². The molecule has 0 aliphatic rings. The summed E-state index contributed by atoms with van der Waals surface area (Å²) in [5, 5.41) is 7.85. The standard InChI is InChI=1S/C20H15BrN4O2/c1-25-18(16(11-22-25)12-6-8-14(21)9-7-12)24-20(27)15-10-13-4-2-3-5-17(13)23-19(15)26/h2-11H,1H3,(H,23,26)(H,24,27). The highest BCUT2D eigenvalue weighted by molar-refractivity contribution is 9.10. The summed E-state index contributed by atoms with van der Waals surface area (Å²) >= 11 is 3.41. The molecule has 0 spiro atoms. The van der Waals surface area contributed by atoms with Gasteiger partial charge < -0.3 is 10.3 Å². The lowest BCUT2D eigenvalue weighted by Gasteiger charge is -2.09. The predicted molar refractivity (Wildman–Crippen MR) is 109 cm³/mol. The average Bonchev–Trinajstić information content (AvgIpc) is 3.02. The van der Waals surface area contributed by atoms with E-state index in [1.807, 2.05) is 42.5 Å². The molecular weight excluding hydrogens is 408 g/mol. The SMILES string of the molecule is Cn1ncc(-c2ccc(Br)cc2)c1NC(=O)c1cc2ccccc2[nH]c1=O. The van der Waals surface area contributed by atoms with Gasteiger partial charge in [0, 0.05) is 22.6 Å². The van der Waals surface area contributed by atoms with Crippen molar-refractivity contribution in [2.24, 2.45) is 7.05 Å². The fraction of sp³-hybridized carbons (Fsp3) is 0.0500. The largest absolute Gasteiger partial charge is 0.321 e. The number of carbonyl (C=O) groups excluding carboxylic acids is 1. The maximum absolute atomic E-state index is 12.8. The number of H-pyrrole nitrogens is 1. The predicted octanol–water partition coefficient (Wildman–Crippen LogP) is 3.94. The lowest BCUT2D eigenvalue weighted by molar-refractivity contribution is 0.102. The number of pyridine rings is 1. The number of nitrogens with zero attached hydrogens (tertiary/aromatic N) is 2. The molecule has 4 rings (SSSR count). The Morgan fingerprint density at radius 3 is 2.67 bits per heavy atom. The molecule has 7 heteroatoms. The van der Waals surface area contributed by atoms with Gasteiger partial charge in [0.05, 0.1) is 6.20 Å². The molecule has 2 aromatic heterocycles. The summed E-state index contributed by atoms with van der Waals surface area (Å²) in [5.41, 5.74) is 2.00. The molecule has 0 unspecified atom stereocenters. The quantitative estimate of drug-likeness (QED) is 0.524. The minimum absolute atomic E-state index is 0.0525. The number of benzene rings is 2. The van der Waals surface area contributed by atoms with Crippen LogP contribution in [0.3, 0.4) is 0 Å². The van der Waals surface area contributed by atoms with Crippen LogP contribution in [0.5, 0.6) is 0 Å². The van der Waals surface area contributed by atoms with Crippen LogP contribution >= 0.6 is 15.9 Å². The van der Waals surface area contributed by atoms with Crippen LogP contribution in [0.1, 0.15) is 10.4 Å². The van der Waals surface area contributed by atoms with Crippen molar-refractivity contribution in [3.63, 3.8) is 0 Å². The molecule has 1 amide bonds. The van der Waals surface area contributed by atoms with E-state index in [-0.39, 0.29) is 5.56 Å². The zero-order valence-electron chi connectivity index (χ0n) is 14.4. The lowest BCUT2D eigenvalue weighted by atomic mass is 10.1. The van der Waals surface area contributed by atoms with Gasteiger partial charge in [-0.05, 0) is 35.2 Å². The molecule has 2 aromatic carbocycles. The second-order valence-electron chi connectivity index (χ2n) is 6.09. The number of aromatic nitrogens is 3. The van der Waals surface area contributed by atoms with Gasteiger partial charge in [-0.3, -0.25) is 14.3 Å². The summed E-state index contributed by atoms with van der Waals surface area (Å²) in [4.78, 5) is 27.9. The lowest BCUT2D eigenvalue weighted by Crippen LogP contribution is -2.24. The number of para-hydroxylation sites is 1. The fourth-order valence-corrected chi connectivity index (χ4v) is 3.18. The number of amides is 1. The number of nitrogens with one attached hydrogen (secondary N) is 2. The summed E-state index contributed by atoms with van der Waals surface area (Å²) in [5.74, 6) is 0.0406. The Hall–Kier alpha value is -3.19. The van der Waals surface area contributed by atoms with E-state index in [1.165, 1.54) is 0 Å². The summed E-state index contributed by atoms with van der Waals surface area (Å²) in [7, 11) is 1.74. The van der Waals surface area contributed by atoms with Gasteiger partial charge >= 0.3 is 0 Å². The maximum atomic E-state index is 12.8. The molecule has 0 bridgehead atoms. The van der Waals surface area contributed by atoms with E-state index < -0.39 is 11.5 Å². The van der Waals surface area contributed by atoms with Crippen molar-refractivity contribution in [1.29, 1.82) is 0 Å². The Bertz CT molecular complexity index is 1210. The van der Waals surface area contributed by atoms with E-state index in [0.29, 0.717) is 11.3 Å². The Morgan fingerprint density at radius 2 is 1.89 bits per heavy atom. The van der Waals surface area contributed by atoms with Crippen LogP contribution in [0.2, 0.25) is 0 Å². The number of aryl methyl sites for hydroxylation is 1. The third kappa shape index (κ3) is 3.29. The van der Waals surface area contributed by atoms with Gasteiger partial charge in [0.15, 0.2) is 0 Å². The number of rotatable bonds is 3. The number of hydrogen-bond donors (Lipinski definition) is 2. The molecule has 0 fully saturated rings. The summed E-state index contributed by atoms with van der Waals surface area (Å²) in [6.45, 7) is 0. The molecule has 2 heterocycles. The number of anilines is 1. The second-order valence-corrected chi connectivity index (χ2v) is 7.01. The highest BCUT2D eigenvalue weighted by Gasteiger charge is 2.17. The van der Waals surface area contributed by atoms with Crippen LogP contribution in [0.4, 0.5) is 5.82 Å². The van der Waals surface area contributed by atoms with Gasteiger partial charge in [0.2, 0.25) is 0 Å². The summed E-state index contributed by atoms with van der Waals surface area (Å²) < 4.78 is 2.54. The first kappa shape index (κ1) is 17.2. The van der Waals surface area contributed by atoms with E-state index in [2.05, 4.69) is 31.3 Å². The van der Waals surface area contributed by atoms with Crippen LogP contribution in [-0.4, -0.2) is 20.7 Å². The molecule has 0 aliphatic heterocycles. The number of carbonyl (C=O) groups is 1. The molecule has 27 heavy (non-hydrogen) atoms. The minimum Gasteiger partial charge on any atom is -0.321 e. The number of hydrogen-bond acceptors (Lipinski definition) is 3. The molecule has 0 saturated carbocycles. The Kier molecular flexibility index (Phi) is 4.37. The van der Waals surface area contributed by atoms with Crippen molar-refractivity contribution in [3.8, 4) is 11.1 Å². The third-order valence-electron chi connectivity index (χ3n) is 4.32. The van der Waals surface area contributed by atoms with E-state index in [1.54, 1.807) is 30.1 Å². The van der Waals surface area contributed by atoms with Crippen LogP contribution in [-0.2, 0) is 7.05 Å². The molecule has 0 radical (unpaired) electrons. The van der Waals surface area contributed by atoms with E-state index >= 15 is 0 Å². The van der Waals surface area contributed by atoms with Crippen LogP contribution in [0.15, 0.2) is 70.1 Å². The molecule has 134 valence electrons. The number of halogens is 1. The summed E-state index contributed by atoms with van der Waals surface area (Å²) in [6.07, 6.45) is 1.68. The molecule has 6 nitrogen and oxygen atoms in total. The Balaban J connectivity index is 1.72. The van der Waals surface area contributed by atoms with Crippen molar-refractivity contribution in [3.05, 3.63) is 81.2 Å².